The van der Waals surface area contributed by atoms with E-state index in [0.29, 0.717) is 0 Å². The average molecular weight is 1230 g/mol. The number of hydrogen-bond acceptors (Lipinski definition) is 6. The Kier molecular flexibility index (Phi) is 13.2. The number of hydrogen-bond donors (Lipinski definition) is 0. The van der Waals surface area contributed by atoms with E-state index < -0.39 is 18.4 Å². The first kappa shape index (κ1) is 53.9. The van der Waals surface area contributed by atoms with Gasteiger partial charge in [-0.3, -0.25) is 0 Å². The summed E-state index contributed by atoms with van der Waals surface area (Å²) in [6, 6.07) is 98.4. The van der Waals surface area contributed by atoms with Crippen LogP contribution < -0.4 is 43.6 Å². The molecule has 0 aliphatic carbocycles. The van der Waals surface area contributed by atoms with Gasteiger partial charge in [0.2, 0.25) is 0 Å². The second kappa shape index (κ2) is 21.3. The first-order valence-corrected chi connectivity index (χ1v) is 35.9. The third-order valence-corrected chi connectivity index (χ3v) is 32.0. The van der Waals surface area contributed by atoms with Gasteiger partial charge in [-0.05, 0) is 0 Å². The van der Waals surface area contributed by atoms with E-state index in [1.165, 1.54) is 58.8 Å². The fourth-order valence-electron chi connectivity index (χ4n) is 13.5. The summed E-state index contributed by atoms with van der Waals surface area (Å²) < 4.78 is 13.4. The number of aryl methyl sites for hydroxylation is 8. The van der Waals surface area contributed by atoms with E-state index in [1.54, 1.807) is 0 Å². The van der Waals surface area contributed by atoms with Gasteiger partial charge in [0.1, 0.15) is 0 Å². The Labute approximate surface area is 515 Å². The molecule has 3 heterocycles. The predicted molar refractivity (Wildman–Crippen MR) is 369 cm³/mol. The molecule has 3 aliphatic heterocycles. The Morgan fingerprint density at radius 3 is 0.770 bits per heavy atom. The Balaban J connectivity index is 1.14. The van der Waals surface area contributed by atoms with Crippen LogP contribution in [0.3, 0.4) is 0 Å². The van der Waals surface area contributed by atoms with E-state index in [2.05, 4.69) is 341 Å². The van der Waals surface area contributed by atoms with Crippen molar-refractivity contribution in [3.63, 3.8) is 0 Å². The van der Waals surface area contributed by atoms with Crippen molar-refractivity contribution in [2.24, 2.45) is 0 Å². The van der Waals surface area contributed by atoms with Crippen molar-refractivity contribution in [1.82, 2.24) is 0 Å². The molecule has 87 heavy (non-hydrogen) atoms. The molecule has 7 heteroatoms. The third kappa shape index (κ3) is 9.15. The molecule has 0 radical (unpaired) electrons. The molecule has 0 spiro atoms. The minimum absolute atomic E-state index is 0.877. The number of rotatable bonds is 12. The normalized spacial score (nSPS) is 13.0. The van der Waals surface area contributed by atoms with Crippen molar-refractivity contribution in [3.05, 3.63) is 305 Å². The Morgan fingerprint density at radius 2 is 0.494 bits per heavy atom. The fourth-order valence-corrected chi connectivity index (χ4v) is 29.4. The summed E-state index contributed by atoms with van der Waals surface area (Å²) in [6.45, 7) is 17.3. The van der Waals surface area contributed by atoms with Gasteiger partial charge in [-0.1, -0.05) is 0 Å². The monoisotopic (exact) mass is 1230 g/mol. The predicted octanol–water partition coefficient (Wildman–Crippen LogP) is 19.6. The molecule has 0 atom stereocenters. The Bertz CT molecular complexity index is 4230. The second-order valence-corrected chi connectivity index (χ2v) is 34.3. The molecule has 12 aromatic carbocycles. The van der Waals surface area contributed by atoms with Gasteiger partial charge in [0, 0.05) is 0 Å². The first-order chi connectivity index (χ1) is 42.4. The van der Waals surface area contributed by atoms with Gasteiger partial charge in [0.25, 0.3) is 0 Å². The number of anilines is 15. The van der Waals surface area contributed by atoms with Crippen LogP contribution in [0.1, 0.15) is 44.5 Å². The van der Waals surface area contributed by atoms with Crippen molar-refractivity contribution in [1.29, 1.82) is 0 Å². The zero-order chi connectivity index (χ0) is 59.2. The van der Waals surface area contributed by atoms with Crippen LogP contribution in [-0.4, -0.2) is 18.4 Å². The quantitative estimate of drug-likeness (QED) is 0.113. The van der Waals surface area contributed by atoms with Crippen molar-refractivity contribution >= 4 is 118 Å². The van der Waals surface area contributed by atoms with E-state index >= 15 is 0 Å². The van der Waals surface area contributed by atoms with Crippen molar-refractivity contribution < 1.29 is 4.74 Å². The van der Waals surface area contributed by atoms with Gasteiger partial charge < -0.3 is 0 Å². The number of ether oxygens (including phenoxy) is 1. The molecule has 0 amide bonds. The first-order valence-electron chi connectivity index (χ1n) is 30.2. The number of nitrogens with zero attached hydrogens (tertiary/aromatic N) is 5. The molecule has 0 saturated carbocycles. The summed E-state index contributed by atoms with van der Waals surface area (Å²) in [5, 5.41) is 0. The maximum absolute atomic E-state index is 8.04. The molecular formula is C80H67N5OSn. The number of benzene rings is 12. The molecule has 0 fully saturated rings. The van der Waals surface area contributed by atoms with Gasteiger partial charge >= 0.3 is 519 Å². The van der Waals surface area contributed by atoms with Gasteiger partial charge in [-0.15, -0.1) is 0 Å². The van der Waals surface area contributed by atoms with E-state index in [-0.39, 0.29) is 0 Å². The van der Waals surface area contributed by atoms with Gasteiger partial charge in [-0.2, -0.15) is 0 Å². The van der Waals surface area contributed by atoms with E-state index in [1.807, 2.05) is 0 Å². The molecule has 15 rings (SSSR count). The van der Waals surface area contributed by atoms with E-state index in [9.17, 15) is 0 Å². The molecular weight excluding hydrogens is 1170 g/mol. The molecule has 0 bridgehead atoms. The van der Waals surface area contributed by atoms with E-state index in [0.717, 1.165) is 96.8 Å². The third-order valence-electron chi connectivity index (χ3n) is 17.8. The molecule has 422 valence electrons. The maximum atomic E-state index is 8.04. The Hall–Kier alpha value is -9.76. The van der Waals surface area contributed by atoms with Crippen LogP contribution in [0.15, 0.2) is 261 Å². The summed E-state index contributed by atoms with van der Waals surface area (Å²) >= 11 is -4.90. The molecule has 0 aromatic heterocycles. The summed E-state index contributed by atoms with van der Waals surface area (Å²) in [4.78, 5) is 12.5. The standard InChI is InChI=1S/C74H62N5O.C6H5.Sn/c1-50-9-25-58(26-10-50)75(59-27-11-51(2)12-28-59)66-41-67-43-68(42-66)79(65-39-23-57(8)24-40-65)72-45-70(77(62-33-17-54(5)18-34-62)63-35-19-55(6)20-36-63)47-74(49-72)80-73-46-69(44-71(48-73)78(67)64-37-21-56(7)22-38-64)76(60-29-13-52(3)14-30-60)61-31-15-53(4)16-32-61;1-2-4-6-5-3-1;/h9-42,44-47H,1-8H3;1-5H;. The van der Waals surface area contributed by atoms with Crippen LogP contribution in [0.2, 0.25) is 0 Å². The minimum atomic E-state index is -4.90. The summed E-state index contributed by atoms with van der Waals surface area (Å²) in [6.07, 6.45) is 0. The molecule has 0 N–H and O–H groups in total. The Morgan fingerprint density at radius 1 is 0.253 bits per heavy atom. The van der Waals surface area contributed by atoms with Gasteiger partial charge in [0.05, 0.1) is 0 Å². The van der Waals surface area contributed by atoms with Crippen LogP contribution in [0.4, 0.5) is 85.3 Å². The summed E-state index contributed by atoms with van der Waals surface area (Å²) in [5.41, 5.74) is 25.8. The zero-order valence-corrected chi connectivity index (χ0v) is 53.3. The molecule has 0 saturated heterocycles. The SMILES string of the molecule is Cc1ccc(N(c2ccc(C)cc2)c2cc3[c]4c(c2)N(c2ccc(C)cc2)c2cc(N(c5ccc(C)cc5)c5ccc(C)cc5)cc5[c]2[Sn]4([c]2ccccc2)[c]2c(cc(N(c4ccc(C)cc4)c4ccc(C)cc4)cc2N5c2ccc(C)cc2)O3)cc1. The molecule has 3 aliphatic rings. The van der Waals surface area contributed by atoms with Crippen LogP contribution in [0.5, 0.6) is 11.5 Å². The topological polar surface area (TPSA) is 25.4 Å². The zero-order valence-electron chi connectivity index (χ0n) is 50.5. The van der Waals surface area contributed by atoms with Crippen LogP contribution in [0.25, 0.3) is 0 Å². The van der Waals surface area contributed by atoms with Gasteiger partial charge in [0.15, 0.2) is 0 Å². The van der Waals surface area contributed by atoms with Gasteiger partial charge in [-0.25, -0.2) is 0 Å². The van der Waals surface area contributed by atoms with Crippen molar-refractivity contribution in [2.45, 2.75) is 55.4 Å². The molecule has 0 unspecified atom stereocenters. The average Bonchev–Trinajstić information content (AvgIpc) is 0.658. The second-order valence-electron chi connectivity index (χ2n) is 24.1. The van der Waals surface area contributed by atoms with Crippen LogP contribution >= 0.6 is 0 Å². The van der Waals surface area contributed by atoms with E-state index in [4.69, 9.17) is 4.74 Å². The fraction of sp³-hybridized carbons (Fsp3) is 0.100. The van der Waals surface area contributed by atoms with Crippen LogP contribution in [0, 0.1) is 55.4 Å². The summed E-state index contributed by atoms with van der Waals surface area (Å²) in [7, 11) is 0. The molecule has 12 aromatic rings. The van der Waals surface area contributed by atoms with Crippen molar-refractivity contribution in [3.8, 4) is 11.5 Å². The van der Waals surface area contributed by atoms with Crippen molar-refractivity contribution in [2.75, 3.05) is 24.5 Å². The van der Waals surface area contributed by atoms with Crippen LogP contribution in [-0.2, 0) is 0 Å². The summed E-state index contributed by atoms with van der Waals surface area (Å²) in [5.74, 6) is 1.75. The molecule has 6 nitrogen and oxygen atoms in total.